The van der Waals surface area contributed by atoms with Gasteiger partial charge in [0, 0.05) is 10.2 Å². The first-order chi connectivity index (χ1) is 15.3. The Hall–Kier alpha value is -2.49. The van der Waals surface area contributed by atoms with Gasteiger partial charge in [-0.15, -0.1) is 0 Å². The van der Waals surface area contributed by atoms with Crippen molar-refractivity contribution in [2.75, 3.05) is 25.1 Å². The second kappa shape index (κ2) is 10.9. The number of amides is 3. The second-order valence-electron chi connectivity index (χ2n) is 6.52. The van der Waals surface area contributed by atoms with Crippen LogP contribution in [-0.4, -0.2) is 41.7 Å². The number of carbonyl (C=O) groups is 3. The standard InChI is InChI=1S/C22H20BrClN2O5S/c1-3-30-17-10-13(9-16(24)20(17)31-4-2)11-18-21(28)26(22(29)32-18)12-19(27)25-15-7-5-14(23)6-8-15/h5-11H,3-4,12H2,1-2H3,(H,25,27)/b18-11+. The number of halogens is 2. The SMILES string of the molecule is CCOc1cc(/C=C2/SC(=O)N(CC(=O)Nc3ccc(Br)cc3)C2=O)cc(Cl)c1OCC. The summed E-state index contributed by atoms with van der Waals surface area (Å²) in [6, 6.07) is 10.3. The zero-order valence-electron chi connectivity index (χ0n) is 17.3. The van der Waals surface area contributed by atoms with Crippen molar-refractivity contribution < 1.29 is 23.9 Å². The van der Waals surface area contributed by atoms with Crippen LogP contribution in [0.5, 0.6) is 11.5 Å². The highest BCUT2D eigenvalue weighted by atomic mass is 79.9. The Kier molecular flexibility index (Phi) is 8.22. The molecule has 3 rings (SSSR count). The van der Waals surface area contributed by atoms with E-state index in [0.29, 0.717) is 41.0 Å². The van der Waals surface area contributed by atoms with Crippen LogP contribution < -0.4 is 14.8 Å². The summed E-state index contributed by atoms with van der Waals surface area (Å²) in [6.07, 6.45) is 1.54. The highest BCUT2D eigenvalue weighted by Crippen LogP contribution is 2.39. The van der Waals surface area contributed by atoms with Crippen molar-refractivity contribution in [2.45, 2.75) is 13.8 Å². The van der Waals surface area contributed by atoms with Gasteiger partial charge >= 0.3 is 0 Å². The zero-order valence-corrected chi connectivity index (χ0v) is 20.5. The van der Waals surface area contributed by atoms with Gasteiger partial charge in [0.25, 0.3) is 11.1 Å². The van der Waals surface area contributed by atoms with Crippen LogP contribution in [0.1, 0.15) is 19.4 Å². The molecule has 3 amide bonds. The molecule has 0 aromatic heterocycles. The third-order valence-electron chi connectivity index (χ3n) is 4.22. The molecule has 1 fully saturated rings. The van der Waals surface area contributed by atoms with Gasteiger partial charge in [-0.25, -0.2) is 0 Å². The van der Waals surface area contributed by atoms with Crippen molar-refractivity contribution in [1.29, 1.82) is 0 Å². The van der Waals surface area contributed by atoms with E-state index in [9.17, 15) is 14.4 Å². The Morgan fingerprint density at radius 1 is 1.16 bits per heavy atom. The molecular weight excluding hydrogens is 520 g/mol. The van der Waals surface area contributed by atoms with Crippen LogP contribution in [0.15, 0.2) is 45.8 Å². The molecule has 32 heavy (non-hydrogen) atoms. The summed E-state index contributed by atoms with van der Waals surface area (Å²) in [5.41, 5.74) is 1.14. The third-order valence-corrected chi connectivity index (χ3v) is 5.94. The second-order valence-corrected chi connectivity index (χ2v) is 8.84. The number of carbonyl (C=O) groups excluding carboxylic acids is 3. The van der Waals surface area contributed by atoms with Gasteiger partial charge in [-0.3, -0.25) is 19.3 Å². The lowest BCUT2D eigenvalue weighted by atomic mass is 10.1. The molecule has 0 unspecified atom stereocenters. The first kappa shape index (κ1) is 24.2. The average Bonchev–Trinajstić information content (AvgIpc) is 3.00. The Morgan fingerprint density at radius 3 is 2.50 bits per heavy atom. The number of benzene rings is 2. The highest BCUT2D eigenvalue weighted by molar-refractivity contribution is 9.10. The molecule has 10 heteroatoms. The molecule has 0 bridgehead atoms. The van der Waals surface area contributed by atoms with E-state index in [2.05, 4.69) is 21.2 Å². The maximum absolute atomic E-state index is 12.8. The van der Waals surface area contributed by atoms with Crippen LogP contribution in [0, 0.1) is 0 Å². The van der Waals surface area contributed by atoms with Crippen molar-refractivity contribution in [1.82, 2.24) is 4.90 Å². The van der Waals surface area contributed by atoms with Gasteiger partial charge in [-0.2, -0.15) is 0 Å². The lowest BCUT2D eigenvalue weighted by Crippen LogP contribution is -2.36. The minimum absolute atomic E-state index is 0.189. The third kappa shape index (κ3) is 5.85. The van der Waals surface area contributed by atoms with E-state index in [1.165, 1.54) is 0 Å². The van der Waals surface area contributed by atoms with E-state index in [-0.39, 0.29) is 11.4 Å². The summed E-state index contributed by atoms with van der Waals surface area (Å²) in [5, 5.41) is 2.48. The summed E-state index contributed by atoms with van der Waals surface area (Å²) < 4.78 is 12.0. The molecule has 0 radical (unpaired) electrons. The topological polar surface area (TPSA) is 84.9 Å². The van der Waals surface area contributed by atoms with Crippen LogP contribution in [0.3, 0.4) is 0 Å². The Morgan fingerprint density at radius 2 is 1.84 bits per heavy atom. The molecule has 0 atom stereocenters. The van der Waals surface area contributed by atoms with Crippen LogP contribution in [-0.2, 0) is 9.59 Å². The number of nitrogens with zero attached hydrogens (tertiary/aromatic N) is 1. The van der Waals surface area contributed by atoms with Crippen molar-refractivity contribution in [3.05, 3.63) is 56.4 Å². The molecule has 1 N–H and O–H groups in total. The maximum Gasteiger partial charge on any atom is 0.294 e. The van der Waals surface area contributed by atoms with Gasteiger partial charge in [0.05, 0.1) is 23.1 Å². The molecule has 1 aliphatic rings. The monoisotopic (exact) mass is 538 g/mol. The molecule has 0 aliphatic carbocycles. The van der Waals surface area contributed by atoms with E-state index in [1.807, 2.05) is 13.8 Å². The largest absolute Gasteiger partial charge is 0.490 e. The Bertz CT molecular complexity index is 1070. The molecule has 1 saturated heterocycles. The molecule has 1 heterocycles. The predicted octanol–water partition coefficient (Wildman–Crippen LogP) is 5.57. The number of hydrogen-bond donors (Lipinski definition) is 1. The molecule has 1 aliphatic heterocycles. The van der Waals surface area contributed by atoms with Crippen molar-refractivity contribution in [2.24, 2.45) is 0 Å². The van der Waals surface area contributed by atoms with E-state index >= 15 is 0 Å². The minimum atomic E-state index is -0.547. The summed E-state index contributed by atoms with van der Waals surface area (Å²) in [6.45, 7) is 4.11. The smallest absolute Gasteiger partial charge is 0.294 e. The van der Waals surface area contributed by atoms with E-state index < -0.39 is 17.1 Å². The van der Waals surface area contributed by atoms with E-state index in [4.69, 9.17) is 21.1 Å². The first-order valence-corrected chi connectivity index (χ1v) is 11.7. The quantitative estimate of drug-likeness (QED) is 0.441. The number of anilines is 1. The molecule has 2 aromatic rings. The van der Waals surface area contributed by atoms with Crippen LogP contribution in [0.2, 0.25) is 5.02 Å². The Labute approximate surface area is 203 Å². The molecule has 168 valence electrons. The Balaban J connectivity index is 1.76. The predicted molar refractivity (Wildman–Crippen MR) is 129 cm³/mol. The van der Waals surface area contributed by atoms with Gasteiger partial charge in [-0.1, -0.05) is 27.5 Å². The summed E-state index contributed by atoms with van der Waals surface area (Å²) in [5.74, 6) is -0.153. The number of hydrogen-bond acceptors (Lipinski definition) is 6. The maximum atomic E-state index is 12.8. The summed E-state index contributed by atoms with van der Waals surface area (Å²) in [4.78, 5) is 38.5. The van der Waals surface area contributed by atoms with Gasteiger partial charge in [0.15, 0.2) is 11.5 Å². The number of thioether (sulfide) groups is 1. The molecule has 7 nitrogen and oxygen atoms in total. The minimum Gasteiger partial charge on any atom is -0.490 e. The fraction of sp³-hybridized carbons (Fsp3) is 0.227. The summed E-state index contributed by atoms with van der Waals surface area (Å²) in [7, 11) is 0. The van der Waals surface area contributed by atoms with E-state index in [1.54, 1.807) is 42.5 Å². The van der Waals surface area contributed by atoms with Crippen molar-refractivity contribution in [3.63, 3.8) is 0 Å². The van der Waals surface area contributed by atoms with Crippen molar-refractivity contribution >= 4 is 68.1 Å². The lowest BCUT2D eigenvalue weighted by molar-refractivity contribution is -0.127. The average molecular weight is 540 g/mol. The number of imide groups is 1. The summed E-state index contributed by atoms with van der Waals surface area (Å²) >= 11 is 10.4. The zero-order chi connectivity index (χ0) is 23.3. The molecule has 0 saturated carbocycles. The van der Waals surface area contributed by atoms with Crippen LogP contribution >= 0.6 is 39.3 Å². The first-order valence-electron chi connectivity index (χ1n) is 9.72. The number of rotatable bonds is 8. The van der Waals surface area contributed by atoms with Gasteiger partial charge < -0.3 is 14.8 Å². The van der Waals surface area contributed by atoms with Crippen molar-refractivity contribution in [3.8, 4) is 11.5 Å². The lowest BCUT2D eigenvalue weighted by Gasteiger charge is -2.13. The molecule has 2 aromatic carbocycles. The fourth-order valence-corrected chi connectivity index (χ4v) is 4.26. The molecule has 0 spiro atoms. The van der Waals surface area contributed by atoms with E-state index in [0.717, 1.165) is 21.1 Å². The fourth-order valence-electron chi connectivity index (χ4n) is 2.88. The number of nitrogens with one attached hydrogen (secondary N) is 1. The van der Waals surface area contributed by atoms with Crippen LogP contribution in [0.25, 0.3) is 6.08 Å². The van der Waals surface area contributed by atoms with Gasteiger partial charge in [0.1, 0.15) is 6.54 Å². The van der Waals surface area contributed by atoms with Gasteiger partial charge in [0.2, 0.25) is 5.91 Å². The normalized spacial score (nSPS) is 14.8. The number of ether oxygens (including phenoxy) is 2. The molecular formula is C22H20BrClN2O5S. The van der Waals surface area contributed by atoms with Gasteiger partial charge in [-0.05, 0) is 73.6 Å². The highest BCUT2D eigenvalue weighted by Gasteiger charge is 2.36. The van der Waals surface area contributed by atoms with Crippen LogP contribution in [0.4, 0.5) is 10.5 Å².